The van der Waals surface area contributed by atoms with Crippen molar-refractivity contribution in [2.45, 2.75) is 50.8 Å². The van der Waals surface area contributed by atoms with Crippen LogP contribution in [0.4, 0.5) is 0 Å². The first kappa shape index (κ1) is 17.2. The monoisotopic (exact) mass is 333 g/mol. The van der Waals surface area contributed by atoms with Gasteiger partial charge in [-0.15, -0.1) is 0 Å². The molecule has 1 amide bonds. The summed E-state index contributed by atoms with van der Waals surface area (Å²) in [6.45, 7) is 2.24. The van der Waals surface area contributed by atoms with Gasteiger partial charge in [0.1, 0.15) is 18.5 Å². The summed E-state index contributed by atoms with van der Waals surface area (Å²) in [5.41, 5.74) is 1.13. The second-order valence-corrected chi connectivity index (χ2v) is 6.64. The van der Waals surface area contributed by atoms with Gasteiger partial charge in [0, 0.05) is 26.1 Å². The van der Waals surface area contributed by atoms with Crippen molar-refractivity contribution in [3.05, 3.63) is 29.8 Å². The van der Waals surface area contributed by atoms with Crippen LogP contribution in [0.2, 0.25) is 0 Å². The minimum absolute atomic E-state index is 0.0767. The summed E-state index contributed by atoms with van der Waals surface area (Å²) in [5, 5.41) is 0. The van der Waals surface area contributed by atoms with Crippen molar-refractivity contribution >= 4 is 5.91 Å². The molecule has 0 bridgehead atoms. The first-order valence-corrected chi connectivity index (χ1v) is 8.88. The highest BCUT2D eigenvalue weighted by Crippen LogP contribution is 2.26. The molecule has 3 rings (SSSR count). The third-order valence-corrected chi connectivity index (χ3v) is 4.82. The van der Waals surface area contributed by atoms with Gasteiger partial charge >= 0.3 is 0 Å². The minimum Gasteiger partial charge on any atom is -0.488 e. The molecular weight excluding hydrogens is 306 g/mol. The van der Waals surface area contributed by atoms with Crippen molar-refractivity contribution in [1.82, 2.24) is 4.90 Å². The number of amides is 1. The molecule has 1 saturated carbocycles. The van der Waals surface area contributed by atoms with E-state index < -0.39 is 0 Å². The van der Waals surface area contributed by atoms with Crippen LogP contribution >= 0.6 is 0 Å². The van der Waals surface area contributed by atoms with Crippen LogP contribution in [0, 0.1) is 0 Å². The molecule has 1 aliphatic carbocycles. The van der Waals surface area contributed by atoms with Crippen LogP contribution < -0.4 is 4.74 Å². The topological polar surface area (TPSA) is 48.0 Å². The lowest BCUT2D eigenvalue weighted by Crippen LogP contribution is -2.40. The lowest BCUT2D eigenvalue weighted by atomic mass is 10.1. The average molecular weight is 333 g/mol. The zero-order chi connectivity index (χ0) is 16.8. The molecule has 2 aliphatic rings. The zero-order valence-corrected chi connectivity index (χ0v) is 14.4. The van der Waals surface area contributed by atoms with E-state index in [1.54, 1.807) is 7.11 Å². The normalized spacial score (nSPS) is 21.1. The Bertz CT molecular complexity index is 519. The average Bonchev–Trinajstić information content (AvgIpc) is 3.28. The third kappa shape index (κ3) is 4.48. The van der Waals surface area contributed by atoms with Crippen LogP contribution in [-0.4, -0.2) is 49.9 Å². The van der Waals surface area contributed by atoms with Crippen LogP contribution in [-0.2, 0) is 20.8 Å². The second-order valence-electron chi connectivity index (χ2n) is 6.64. The van der Waals surface area contributed by atoms with Crippen LogP contribution in [0.25, 0.3) is 0 Å². The number of ether oxygens (including phenoxy) is 3. The van der Waals surface area contributed by atoms with E-state index in [2.05, 4.69) is 0 Å². The van der Waals surface area contributed by atoms with Crippen LogP contribution in [0.1, 0.15) is 37.7 Å². The number of carbonyl (C=O) groups is 1. The van der Waals surface area contributed by atoms with E-state index in [4.69, 9.17) is 14.2 Å². The van der Waals surface area contributed by atoms with Crippen LogP contribution in [0.15, 0.2) is 24.3 Å². The van der Waals surface area contributed by atoms with Gasteiger partial charge < -0.3 is 19.1 Å². The fourth-order valence-electron chi connectivity index (χ4n) is 3.51. The van der Waals surface area contributed by atoms with Crippen molar-refractivity contribution in [1.29, 1.82) is 0 Å². The highest BCUT2D eigenvalue weighted by atomic mass is 16.5. The lowest BCUT2D eigenvalue weighted by Gasteiger charge is -2.29. The predicted molar refractivity (Wildman–Crippen MR) is 91.0 cm³/mol. The van der Waals surface area contributed by atoms with E-state index in [1.807, 2.05) is 29.2 Å². The number of carbonyl (C=O) groups excluding carboxylic acids is 1. The van der Waals surface area contributed by atoms with E-state index in [1.165, 1.54) is 12.8 Å². The molecule has 1 aromatic rings. The second kappa shape index (κ2) is 8.49. The summed E-state index contributed by atoms with van der Waals surface area (Å²) in [7, 11) is 1.57. The lowest BCUT2D eigenvalue weighted by molar-refractivity contribution is -0.138. The molecule has 1 heterocycles. The number of rotatable bonds is 7. The number of nitrogens with zero attached hydrogens (tertiary/aromatic N) is 1. The molecule has 1 aliphatic heterocycles. The fourth-order valence-corrected chi connectivity index (χ4v) is 3.51. The van der Waals surface area contributed by atoms with Gasteiger partial charge in [0.15, 0.2) is 0 Å². The van der Waals surface area contributed by atoms with Gasteiger partial charge in [-0.25, -0.2) is 0 Å². The molecule has 2 fully saturated rings. The zero-order valence-electron chi connectivity index (χ0n) is 14.4. The first-order valence-electron chi connectivity index (χ1n) is 8.88. The van der Waals surface area contributed by atoms with Crippen molar-refractivity contribution in [3.63, 3.8) is 0 Å². The molecule has 0 aromatic heterocycles. The first-order chi connectivity index (χ1) is 11.8. The molecule has 1 atom stereocenters. The Kier molecular flexibility index (Phi) is 6.10. The molecule has 0 unspecified atom stereocenters. The van der Waals surface area contributed by atoms with Crippen molar-refractivity contribution in [2.24, 2.45) is 0 Å². The third-order valence-electron chi connectivity index (χ3n) is 4.82. The Balaban J connectivity index is 1.61. The maximum absolute atomic E-state index is 12.4. The summed E-state index contributed by atoms with van der Waals surface area (Å²) in [5.74, 6) is 0.942. The number of hydrogen-bond acceptors (Lipinski definition) is 4. The van der Waals surface area contributed by atoms with Gasteiger partial charge in [0.2, 0.25) is 5.91 Å². The van der Waals surface area contributed by atoms with Crippen molar-refractivity contribution in [2.75, 3.05) is 26.9 Å². The Morgan fingerprint density at radius 3 is 2.58 bits per heavy atom. The standard InChI is InChI=1S/C19H27NO4/c1-22-14-19(21)20(16-4-2-3-5-16)12-15-6-8-17(9-7-15)24-18-10-11-23-13-18/h6-9,16,18H,2-5,10-14H2,1H3/t18-/m0/s1. The van der Waals surface area contributed by atoms with E-state index >= 15 is 0 Å². The van der Waals surface area contributed by atoms with Crippen molar-refractivity contribution in [3.8, 4) is 5.75 Å². The smallest absolute Gasteiger partial charge is 0.249 e. The van der Waals surface area contributed by atoms with Gasteiger partial charge in [0.25, 0.3) is 0 Å². The highest BCUT2D eigenvalue weighted by Gasteiger charge is 2.26. The molecule has 0 N–H and O–H groups in total. The summed E-state index contributed by atoms with van der Waals surface area (Å²) in [6.07, 6.45) is 5.71. The summed E-state index contributed by atoms with van der Waals surface area (Å²) in [4.78, 5) is 14.4. The minimum atomic E-state index is 0.0767. The summed E-state index contributed by atoms with van der Waals surface area (Å²) < 4.78 is 16.3. The Morgan fingerprint density at radius 1 is 1.21 bits per heavy atom. The van der Waals surface area contributed by atoms with Gasteiger partial charge in [-0.3, -0.25) is 4.79 Å². The van der Waals surface area contributed by atoms with E-state index in [0.29, 0.717) is 19.2 Å². The molecule has 0 radical (unpaired) electrons. The predicted octanol–water partition coefficient (Wildman–Crippen LogP) is 2.77. The van der Waals surface area contributed by atoms with E-state index in [9.17, 15) is 4.79 Å². The summed E-state index contributed by atoms with van der Waals surface area (Å²) in [6, 6.07) is 8.42. The molecule has 1 aromatic carbocycles. The molecule has 24 heavy (non-hydrogen) atoms. The largest absolute Gasteiger partial charge is 0.488 e. The van der Waals surface area contributed by atoms with Gasteiger partial charge in [0.05, 0.1) is 13.2 Å². The van der Waals surface area contributed by atoms with Crippen molar-refractivity contribution < 1.29 is 19.0 Å². The quantitative estimate of drug-likeness (QED) is 0.770. The van der Waals surface area contributed by atoms with Gasteiger partial charge in [-0.2, -0.15) is 0 Å². The molecule has 0 spiro atoms. The Labute approximate surface area is 143 Å². The summed E-state index contributed by atoms with van der Waals surface area (Å²) >= 11 is 0. The molecule has 5 nitrogen and oxygen atoms in total. The maximum atomic E-state index is 12.4. The number of benzene rings is 1. The Morgan fingerprint density at radius 2 is 1.96 bits per heavy atom. The van der Waals surface area contributed by atoms with Crippen LogP contribution in [0.5, 0.6) is 5.75 Å². The molecule has 132 valence electrons. The number of methoxy groups -OCH3 is 1. The SMILES string of the molecule is COCC(=O)N(Cc1ccc(O[C@H]2CCOC2)cc1)C1CCCC1. The van der Waals surface area contributed by atoms with E-state index in [-0.39, 0.29) is 18.6 Å². The Hall–Kier alpha value is -1.59. The molecular formula is C19H27NO4. The molecule has 5 heteroatoms. The number of hydrogen-bond donors (Lipinski definition) is 0. The van der Waals surface area contributed by atoms with E-state index in [0.717, 1.165) is 37.2 Å². The maximum Gasteiger partial charge on any atom is 0.249 e. The highest BCUT2D eigenvalue weighted by molar-refractivity contribution is 5.77. The van der Waals surface area contributed by atoms with Crippen LogP contribution in [0.3, 0.4) is 0 Å². The molecule has 1 saturated heterocycles. The fraction of sp³-hybridized carbons (Fsp3) is 0.632. The van der Waals surface area contributed by atoms with Gasteiger partial charge in [-0.05, 0) is 30.5 Å². The van der Waals surface area contributed by atoms with Gasteiger partial charge in [-0.1, -0.05) is 25.0 Å².